The van der Waals surface area contributed by atoms with Crippen molar-refractivity contribution >= 4 is 17.2 Å². The van der Waals surface area contributed by atoms with Gasteiger partial charge >= 0.3 is 0 Å². The molecule has 1 heterocycles. The van der Waals surface area contributed by atoms with E-state index in [4.69, 9.17) is 5.11 Å². The van der Waals surface area contributed by atoms with Crippen molar-refractivity contribution in [3.05, 3.63) is 41.4 Å². The summed E-state index contributed by atoms with van der Waals surface area (Å²) in [5.41, 5.74) is 1.01. The van der Waals surface area contributed by atoms with Crippen LogP contribution in [-0.2, 0) is 0 Å². The van der Waals surface area contributed by atoms with Crippen LogP contribution in [0.4, 0.5) is 0 Å². The van der Waals surface area contributed by atoms with Gasteiger partial charge in [0.1, 0.15) is 9.88 Å². The second-order valence-electron chi connectivity index (χ2n) is 3.85. The third-order valence-corrected chi connectivity index (χ3v) is 3.55. The molecule has 0 unspecified atom stereocenters. The van der Waals surface area contributed by atoms with E-state index in [1.54, 1.807) is 13.2 Å². The van der Waals surface area contributed by atoms with E-state index in [-0.39, 0.29) is 12.5 Å². The Morgan fingerprint density at radius 2 is 2.11 bits per heavy atom. The second kappa shape index (κ2) is 5.75. The van der Waals surface area contributed by atoms with Crippen molar-refractivity contribution in [3.8, 4) is 10.6 Å². The Labute approximate surface area is 110 Å². The number of carbonyl (C=O) groups is 1. The molecule has 0 aliphatic carbocycles. The maximum atomic E-state index is 12.0. The number of aliphatic hydroxyl groups excluding tert-OH is 1. The Morgan fingerprint density at radius 1 is 1.39 bits per heavy atom. The quantitative estimate of drug-likeness (QED) is 0.915. The van der Waals surface area contributed by atoms with Gasteiger partial charge in [0.15, 0.2) is 0 Å². The molecule has 5 heteroatoms. The first-order valence-corrected chi connectivity index (χ1v) is 6.41. The lowest BCUT2D eigenvalue weighted by Crippen LogP contribution is -2.28. The Balaban J connectivity index is 2.18. The number of hydrogen-bond donors (Lipinski definition) is 1. The van der Waals surface area contributed by atoms with Crippen LogP contribution in [0.1, 0.15) is 9.67 Å². The summed E-state index contributed by atoms with van der Waals surface area (Å²) in [5.74, 6) is -0.108. The third kappa shape index (κ3) is 2.75. The number of carbonyl (C=O) groups excluding carboxylic acids is 1. The molecule has 4 nitrogen and oxygen atoms in total. The normalized spacial score (nSPS) is 10.3. The van der Waals surface area contributed by atoms with Gasteiger partial charge in [0, 0.05) is 19.2 Å². The number of likely N-dealkylation sites (N-methyl/N-ethyl adjacent to an activating group) is 1. The van der Waals surface area contributed by atoms with Crippen LogP contribution >= 0.6 is 11.3 Å². The third-order valence-electron chi connectivity index (χ3n) is 2.52. The minimum absolute atomic E-state index is 0.0351. The largest absolute Gasteiger partial charge is 0.395 e. The molecule has 1 aromatic carbocycles. The van der Waals surface area contributed by atoms with Gasteiger partial charge in [0.05, 0.1) is 12.8 Å². The van der Waals surface area contributed by atoms with Gasteiger partial charge in [0.2, 0.25) is 0 Å². The molecule has 0 atom stereocenters. The number of hydrogen-bond acceptors (Lipinski definition) is 4. The van der Waals surface area contributed by atoms with Crippen molar-refractivity contribution in [2.75, 3.05) is 20.2 Å². The lowest BCUT2D eigenvalue weighted by Gasteiger charge is -2.13. The van der Waals surface area contributed by atoms with Gasteiger partial charge in [-0.3, -0.25) is 4.79 Å². The molecule has 1 amide bonds. The first-order valence-electron chi connectivity index (χ1n) is 5.60. The van der Waals surface area contributed by atoms with Gasteiger partial charge in [0.25, 0.3) is 5.91 Å². The van der Waals surface area contributed by atoms with Crippen molar-refractivity contribution in [1.29, 1.82) is 0 Å². The molecule has 94 valence electrons. The van der Waals surface area contributed by atoms with Gasteiger partial charge in [-0.15, -0.1) is 11.3 Å². The topological polar surface area (TPSA) is 53.4 Å². The van der Waals surface area contributed by atoms with Crippen molar-refractivity contribution < 1.29 is 9.90 Å². The lowest BCUT2D eigenvalue weighted by atomic mass is 10.2. The first kappa shape index (κ1) is 12.7. The molecule has 0 radical (unpaired) electrons. The van der Waals surface area contributed by atoms with Crippen LogP contribution < -0.4 is 0 Å². The van der Waals surface area contributed by atoms with Gasteiger partial charge in [-0.2, -0.15) is 0 Å². The number of thiazole rings is 1. The molecular weight excluding hydrogens is 248 g/mol. The van der Waals surface area contributed by atoms with E-state index in [0.717, 1.165) is 10.6 Å². The Morgan fingerprint density at radius 3 is 2.78 bits per heavy atom. The summed E-state index contributed by atoms with van der Waals surface area (Å²) in [7, 11) is 1.67. The van der Waals surface area contributed by atoms with Gasteiger partial charge in [-0.1, -0.05) is 30.3 Å². The standard InChI is InChI=1S/C13H14N2O2S/c1-15(7-8-16)13(17)11-9-14-12(18-11)10-5-3-2-4-6-10/h2-6,9,16H,7-8H2,1H3. The second-order valence-corrected chi connectivity index (χ2v) is 4.88. The molecule has 0 spiro atoms. The van der Waals surface area contributed by atoms with E-state index in [2.05, 4.69) is 4.98 Å². The fourth-order valence-electron chi connectivity index (χ4n) is 1.53. The minimum atomic E-state index is -0.108. The number of nitrogens with zero attached hydrogens (tertiary/aromatic N) is 2. The van der Waals surface area contributed by atoms with E-state index in [0.29, 0.717) is 11.4 Å². The van der Waals surface area contributed by atoms with Crippen molar-refractivity contribution in [2.24, 2.45) is 0 Å². The van der Waals surface area contributed by atoms with Gasteiger partial charge in [-0.05, 0) is 0 Å². The minimum Gasteiger partial charge on any atom is -0.395 e. The molecule has 2 rings (SSSR count). The molecular formula is C13H14N2O2S. The highest BCUT2D eigenvalue weighted by Gasteiger charge is 2.15. The summed E-state index contributed by atoms with van der Waals surface area (Å²) in [6.07, 6.45) is 1.59. The highest BCUT2D eigenvalue weighted by molar-refractivity contribution is 7.16. The van der Waals surface area contributed by atoms with Crippen LogP contribution in [0.15, 0.2) is 36.5 Å². The predicted octanol–water partition coefficient (Wildman–Crippen LogP) is 1.87. The molecule has 0 saturated carbocycles. The van der Waals surface area contributed by atoms with E-state index in [1.807, 2.05) is 30.3 Å². The van der Waals surface area contributed by atoms with Crippen LogP contribution in [0.25, 0.3) is 10.6 Å². The summed E-state index contributed by atoms with van der Waals surface area (Å²) in [6, 6.07) is 9.75. The molecule has 1 N–H and O–H groups in total. The number of amides is 1. The smallest absolute Gasteiger partial charge is 0.265 e. The zero-order valence-electron chi connectivity index (χ0n) is 10.0. The fourth-order valence-corrected chi connectivity index (χ4v) is 2.44. The molecule has 0 aliphatic heterocycles. The van der Waals surface area contributed by atoms with Crippen molar-refractivity contribution in [1.82, 2.24) is 9.88 Å². The number of rotatable bonds is 4. The molecule has 0 aliphatic rings. The summed E-state index contributed by atoms with van der Waals surface area (Å²) in [4.78, 5) is 18.3. The number of aliphatic hydroxyl groups is 1. The van der Waals surface area contributed by atoms with Crippen LogP contribution in [0.5, 0.6) is 0 Å². The molecule has 0 fully saturated rings. The Hall–Kier alpha value is -1.72. The Bertz CT molecular complexity index is 525. The van der Waals surface area contributed by atoms with Gasteiger partial charge in [-0.25, -0.2) is 4.98 Å². The zero-order chi connectivity index (χ0) is 13.0. The SMILES string of the molecule is CN(CCO)C(=O)c1cnc(-c2ccccc2)s1. The fraction of sp³-hybridized carbons (Fsp3) is 0.231. The summed E-state index contributed by atoms with van der Waals surface area (Å²) in [5, 5.41) is 9.64. The van der Waals surface area contributed by atoms with Crippen LogP contribution in [0.3, 0.4) is 0 Å². The predicted molar refractivity (Wildman–Crippen MR) is 71.6 cm³/mol. The van der Waals surface area contributed by atoms with Crippen LogP contribution in [0, 0.1) is 0 Å². The molecule has 0 bridgehead atoms. The molecule has 0 saturated heterocycles. The monoisotopic (exact) mass is 262 g/mol. The lowest BCUT2D eigenvalue weighted by molar-refractivity contribution is 0.0771. The first-order chi connectivity index (χ1) is 8.72. The molecule has 18 heavy (non-hydrogen) atoms. The summed E-state index contributed by atoms with van der Waals surface area (Å²) < 4.78 is 0. The zero-order valence-corrected chi connectivity index (χ0v) is 10.9. The van der Waals surface area contributed by atoms with Gasteiger partial charge < -0.3 is 10.0 Å². The average molecular weight is 262 g/mol. The maximum absolute atomic E-state index is 12.0. The van der Waals surface area contributed by atoms with Crippen LogP contribution in [0.2, 0.25) is 0 Å². The van der Waals surface area contributed by atoms with E-state index >= 15 is 0 Å². The Kier molecular flexibility index (Phi) is 4.07. The van der Waals surface area contributed by atoms with Crippen LogP contribution in [-0.4, -0.2) is 41.1 Å². The molecule has 2 aromatic rings. The number of aromatic nitrogens is 1. The van der Waals surface area contributed by atoms with Crippen molar-refractivity contribution in [3.63, 3.8) is 0 Å². The summed E-state index contributed by atoms with van der Waals surface area (Å²) in [6.45, 7) is 0.296. The highest BCUT2D eigenvalue weighted by Crippen LogP contribution is 2.25. The highest BCUT2D eigenvalue weighted by atomic mass is 32.1. The van der Waals surface area contributed by atoms with E-state index in [9.17, 15) is 4.79 Å². The van der Waals surface area contributed by atoms with E-state index in [1.165, 1.54) is 16.2 Å². The summed E-state index contributed by atoms with van der Waals surface area (Å²) >= 11 is 1.36. The maximum Gasteiger partial charge on any atom is 0.265 e. The van der Waals surface area contributed by atoms with Crippen molar-refractivity contribution in [2.45, 2.75) is 0 Å². The number of benzene rings is 1. The molecule has 1 aromatic heterocycles. The average Bonchev–Trinajstić information content (AvgIpc) is 2.89. The van der Waals surface area contributed by atoms with E-state index < -0.39 is 0 Å².